The van der Waals surface area contributed by atoms with Gasteiger partial charge >= 0.3 is 6.09 Å². The quantitative estimate of drug-likeness (QED) is 0.663. The molecular weight excluding hydrogens is 312 g/mol. The highest BCUT2D eigenvalue weighted by Gasteiger charge is 2.07. The zero-order chi connectivity index (χ0) is 16.2. The van der Waals surface area contributed by atoms with Crippen molar-refractivity contribution in [3.63, 3.8) is 0 Å². The molecule has 3 N–H and O–H groups in total. The molecule has 0 radical (unpaired) electrons. The van der Waals surface area contributed by atoms with Crippen molar-refractivity contribution in [2.24, 2.45) is 0 Å². The average molecular weight is 326 g/mol. The summed E-state index contributed by atoms with van der Waals surface area (Å²) in [6.07, 6.45) is 2.40. The van der Waals surface area contributed by atoms with E-state index < -0.39 is 6.09 Å². The number of pyridine rings is 1. The number of rotatable bonds is 4. The van der Waals surface area contributed by atoms with Gasteiger partial charge in [0.05, 0.1) is 5.69 Å². The van der Waals surface area contributed by atoms with E-state index in [0.29, 0.717) is 5.69 Å². The van der Waals surface area contributed by atoms with E-state index in [1.54, 1.807) is 24.5 Å². The third kappa shape index (κ3) is 3.64. The first-order valence-corrected chi connectivity index (χ1v) is 7.73. The minimum atomic E-state index is -1.09. The highest BCUT2D eigenvalue weighted by atomic mass is 32.1. The lowest BCUT2D eigenvalue weighted by Crippen LogP contribution is -2.07. The first-order valence-electron chi connectivity index (χ1n) is 6.85. The average Bonchev–Trinajstić information content (AvgIpc) is 3.00. The molecule has 6 nitrogen and oxygen atoms in total. The standard InChI is InChI=1S/C16H14N4O2S/c1-10-4-5-12(18-16(21)22)7-13(10)19-15-20-14(9-23-15)11-3-2-6-17-8-11/h2-9,18H,1H3,(H,19,20)(H,21,22). The van der Waals surface area contributed by atoms with Crippen LogP contribution in [0.15, 0.2) is 48.1 Å². The van der Waals surface area contributed by atoms with E-state index in [-0.39, 0.29) is 0 Å². The lowest BCUT2D eigenvalue weighted by molar-refractivity contribution is 0.210. The molecule has 2 aromatic heterocycles. The van der Waals surface area contributed by atoms with Crippen LogP contribution in [0.25, 0.3) is 11.3 Å². The van der Waals surface area contributed by atoms with Crippen molar-refractivity contribution in [2.75, 3.05) is 10.6 Å². The summed E-state index contributed by atoms with van der Waals surface area (Å²) in [6.45, 7) is 1.95. The molecule has 0 aliphatic heterocycles. The van der Waals surface area contributed by atoms with E-state index in [0.717, 1.165) is 27.6 Å². The van der Waals surface area contributed by atoms with E-state index in [9.17, 15) is 4.79 Å². The van der Waals surface area contributed by atoms with E-state index >= 15 is 0 Å². The Kier molecular flexibility index (Phi) is 4.20. The molecule has 0 saturated carbocycles. The summed E-state index contributed by atoms with van der Waals surface area (Å²) in [5, 5.41) is 17.1. The fourth-order valence-electron chi connectivity index (χ4n) is 2.05. The van der Waals surface area contributed by atoms with E-state index in [2.05, 4.69) is 20.6 Å². The molecule has 0 unspecified atom stereocenters. The Balaban J connectivity index is 1.82. The van der Waals surface area contributed by atoms with Gasteiger partial charge in [-0.2, -0.15) is 0 Å². The Morgan fingerprint density at radius 1 is 1.30 bits per heavy atom. The van der Waals surface area contributed by atoms with Crippen LogP contribution in [-0.4, -0.2) is 21.2 Å². The van der Waals surface area contributed by atoms with Crippen molar-refractivity contribution in [3.05, 3.63) is 53.7 Å². The Labute approximate surface area is 136 Å². The van der Waals surface area contributed by atoms with Crippen LogP contribution in [0.5, 0.6) is 0 Å². The first kappa shape index (κ1) is 15.0. The number of carbonyl (C=O) groups is 1. The van der Waals surface area contributed by atoms with Gasteiger partial charge in [-0.3, -0.25) is 10.3 Å². The number of nitrogens with one attached hydrogen (secondary N) is 2. The number of nitrogens with zero attached hydrogens (tertiary/aromatic N) is 2. The number of aromatic nitrogens is 2. The Morgan fingerprint density at radius 3 is 2.91 bits per heavy atom. The largest absolute Gasteiger partial charge is 0.465 e. The number of carboxylic acid groups (broad SMARTS) is 1. The van der Waals surface area contributed by atoms with Crippen LogP contribution in [0.1, 0.15) is 5.56 Å². The van der Waals surface area contributed by atoms with Gasteiger partial charge in [-0.15, -0.1) is 11.3 Å². The number of thiazole rings is 1. The minimum Gasteiger partial charge on any atom is -0.465 e. The lowest BCUT2D eigenvalue weighted by Gasteiger charge is -2.09. The zero-order valence-corrected chi connectivity index (χ0v) is 13.1. The van der Waals surface area contributed by atoms with Crippen LogP contribution in [0.3, 0.4) is 0 Å². The summed E-state index contributed by atoms with van der Waals surface area (Å²) >= 11 is 1.48. The minimum absolute atomic E-state index is 0.509. The second kappa shape index (κ2) is 6.45. The smallest absolute Gasteiger partial charge is 0.409 e. The summed E-state index contributed by atoms with van der Waals surface area (Å²) in [5.74, 6) is 0. The van der Waals surface area contributed by atoms with E-state index in [1.807, 2.05) is 30.5 Å². The van der Waals surface area contributed by atoms with Gasteiger partial charge in [0, 0.05) is 34.7 Å². The molecule has 7 heteroatoms. The van der Waals surface area contributed by atoms with Gasteiger partial charge in [0.2, 0.25) is 0 Å². The van der Waals surface area contributed by atoms with E-state index in [1.165, 1.54) is 11.3 Å². The second-order valence-corrected chi connectivity index (χ2v) is 5.72. The number of hydrogen-bond donors (Lipinski definition) is 3. The topological polar surface area (TPSA) is 87.1 Å². The van der Waals surface area contributed by atoms with E-state index in [4.69, 9.17) is 5.11 Å². The number of amides is 1. The van der Waals surface area contributed by atoms with Crippen LogP contribution < -0.4 is 10.6 Å². The monoisotopic (exact) mass is 326 g/mol. The molecule has 0 bridgehead atoms. The number of aryl methyl sites for hydroxylation is 1. The Hall–Kier alpha value is -2.93. The van der Waals surface area contributed by atoms with Crippen molar-refractivity contribution in [1.29, 1.82) is 0 Å². The molecule has 0 spiro atoms. The highest BCUT2D eigenvalue weighted by molar-refractivity contribution is 7.14. The number of benzene rings is 1. The maximum absolute atomic E-state index is 10.7. The summed E-state index contributed by atoms with van der Waals surface area (Å²) < 4.78 is 0. The zero-order valence-electron chi connectivity index (χ0n) is 12.3. The van der Waals surface area contributed by atoms with Gasteiger partial charge in [-0.1, -0.05) is 6.07 Å². The molecule has 3 rings (SSSR count). The first-order chi connectivity index (χ1) is 11.1. The van der Waals surface area contributed by atoms with Crippen LogP contribution in [0.4, 0.5) is 21.3 Å². The molecule has 3 aromatic rings. The van der Waals surface area contributed by atoms with Gasteiger partial charge in [-0.05, 0) is 36.8 Å². The van der Waals surface area contributed by atoms with Crippen molar-refractivity contribution in [1.82, 2.24) is 9.97 Å². The second-order valence-electron chi connectivity index (χ2n) is 4.86. The highest BCUT2D eigenvalue weighted by Crippen LogP contribution is 2.29. The van der Waals surface area contributed by atoms with Crippen molar-refractivity contribution >= 4 is 33.9 Å². The Morgan fingerprint density at radius 2 is 2.17 bits per heavy atom. The molecular formula is C16H14N4O2S. The maximum atomic E-state index is 10.7. The van der Waals surface area contributed by atoms with Gasteiger partial charge in [0.15, 0.2) is 5.13 Å². The van der Waals surface area contributed by atoms with Gasteiger partial charge in [-0.25, -0.2) is 9.78 Å². The molecule has 0 saturated heterocycles. The maximum Gasteiger partial charge on any atom is 0.409 e. The van der Waals surface area contributed by atoms with Crippen molar-refractivity contribution < 1.29 is 9.90 Å². The number of hydrogen-bond acceptors (Lipinski definition) is 5. The van der Waals surface area contributed by atoms with Crippen LogP contribution in [0, 0.1) is 6.92 Å². The molecule has 0 aliphatic carbocycles. The summed E-state index contributed by atoms with van der Waals surface area (Å²) in [6, 6.07) is 9.14. The lowest BCUT2D eigenvalue weighted by atomic mass is 10.2. The molecule has 0 aliphatic rings. The van der Waals surface area contributed by atoms with Gasteiger partial charge in [0.1, 0.15) is 0 Å². The number of anilines is 3. The molecule has 1 amide bonds. The summed E-state index contributed by atoms with van der Waals surface area (Å²) in [7, 11) is 0. The Bertz CT molecular complexity index is 833. The third-order valence-electron chi connectivity index (χ3n) is 3.19. The summed E-state index contributed by atoms with van der Waals surface area (Å²) in [4.78, 5) is 19.4. The molecule has 2 heterocycles. The van der Waals surface area contributed by atoms with Gasteiger partial charge in [0.25, 0.3) is 0 Å². The third-order valence-corrected chi connectivity index (χ3v) is 3.95. The van der Waals surface area contributed by atoms with Crippen LogP contribution in [0.2, 0.25) is 0 Å². The van der Waals surface area contributed by atoms with Crippen molar-refractivity contribution in [2.45, 2.75) is 6.92 Å². The molecule has 0 atom stereocenters. The predicted octanol–water partition coefficient (Wildman–Crippen LogP) is 4.35. The molecule has 0 fully saturated rings. The fourth-order valence-corrected chi connectivity index (χ4v) is 2.78. The normalized spacial score (nSPS) is 10.3. The van der Waals surface area contributed by atoms with Gasteiger partial charge < -0.3 is 10.4 Å². The molecule has 1 aromatic carbocycles. The fraction of sp³-hybridized carbons (Fsp3) is 0.0625. The molecule has 23 heavy (non-hydrogen) atoms. The molecule has 116 valence electrons. The van der Waals surface area contributed by atoms with Crippen LogP contribution in [-0.2, 0) is 0 Å². The SMILES string of the molecule is Cc1ccc(NC(=O)O)cc1Nc1nc(-c2cccnc2)cs1. The predicted molar refractivity (Wildman–Crippen MR) is 91.5 cm³/mol. The van der Waals surface area contributed by atoms with Crippen molar-refractivity contribution in [3.8, 4) is 11.3 Å². The summed E-state index contributed by atoms with van der Waals surface area (Å²) in [5.41, 5.74) is 4.12. The van der Waals surface area contributed by atoms with Crippen LogP contribution >= 0.6 is 11.3 Å².